The molecule has 0 unspecified atom stereocenters. The molecule has 1 aromatic rings. The molecule has 0 radical (unpaired) electrons. The summed E-state index contributed by atoms with van der Waals surface area (Å²) in [5.74, 6) is -0.174. The van der Waals surface area contributed by atoms with E-state index in [0.717, 1.165) is 31.5 Å². The lowest BCUT2D eigenvalue weighted by atomic mass is 9.86. The summed E-state index contributed by atoms with van der Waals surface area (Å²) in [5.41, 5.74) is 0.936. The van der Waals surface area contributed by atoms with Crippen molar-refractivity contribution < 1.29 is 9.13 Å². The van der Waals surface area contributed by atoms with E-state index < -0.39 is 5.82 Å². The largest absolute Gasteiger partial charge is 0.358 e. The zero-order chi connectivity index (χ0) is 17.0. The first-order valence-electron chi connectivity index (χ1n) is 8.01. The number of hydrogen-bond donors (Lipinski definition) is 0. The summed E-state index contributed by atoms with van der Waals surface area (Å²) in [6.45, 7) is 8.59. The van der Waals surface area contributed by atoms with Crippen LogP contribution in [-0.4, -0.2) is 30.1 Å². The average molecular weight is 339 g/mol. The van der Waals surface area contributed by atoms with Crippen molar-refractivity contribution in [3.8, 4) is 6.07 Å². The lowest BCUT2D eigenvalue weighted by molar-refractivity contribution is -0.0202. The van der Waals surface area contributed by atoms with Gasteiger partial charge in [0.15, 0.2) is 0 Å². The summed E-state index contributed by atoms with van der Waals surface area (Å²) >= 11 is 5.93. The van der Waals surface area contributed by atoms with Crippen LogP contribution < -0.4 is 0 Å². The molecular weight excluding hydrogens is 315 g/mol. The quantitative estimate of drug-likeness (QED) is 0.806. The molecule has 3 nitrogen and oxygen atoms in total. The number of likely N-dealkylation sites (tertiary alicyclic amines) is 1. The van der Waals surface area contributed by atoms with E-state index in [1.165, 1.54) is 6.07 Å². The van der Waals surface area contributed by atoms with Gasteiger partial charge in [0.2, 0.25) is 0 Å². The Bertz CT molecular complexity index is 579. The van der Waals surface area contributed by atoms with Gasteiger partial charge in [-0.2, -0.15) is 5.26 Å². The standard InChI is InChI=1S/C18H24ClFN2O/c1-18(2,3)22-9-4-5-14(12-22)17(23-10-8-21)13-6-7-16(20)15(19)11-13/h6-7,11,14,17H,4-5,9-10,12H2,1-3H3/t14-,17+/m1/s1. The lowest BCUT2D eigenvalue weighted by Gasteiger charge is -2.43. The maximum absolute atomic E-state index is 13.4. The van der Waals surface area contributed by atoms with Crippen LogP contribution in [0.4, 0.5) is 4.39 Å². The minimum Gasteiger partial charge on any atom is -0.358 e. The number of rotatable bonds is 4. The van der Waals surface area contributed by atoms with Crippen LogP contribution in [0.2, 0.25) is 5.02 Å². The molecule has 1 heterocycles. The van der Waals surface area contributed by atoms with Gasteiger partial charge < -0.3 is 4.74 Å². The van der Waals surface area contributed by atoms with Gasteiger partial charge in [-0.1, -0.05) is 17.7 Å². The number of hydrogen-bond acceptors (Lipinski definition) is 3. The second kappa shape index (κ2) is 7.61. The van der Waals surface area contributed by atoms with Crippen LogP contribution in [0, 0.1) is 23.1 Å². The zero-order valence-corrected chi connectivity index (χ0v) is 14.7. The molecule has 1 aliphatic heterocycles. The fourth-order valence-corrected chi connectivity index (χ4v) is 3.38. The molecule has 0 aliphatic carbocycles. The second-order valence-corrected chi connectivity index (χ2v) is 7.49. The molecule has 23 heavy (non-hydrogen) atoms. The third-order valence-corrected chi connectivity index (χ3v) is 4.72. The summed E-state index contributed by atoms with van der Waals surface area (Å²) in [7, 11) is 0. The molecule has 1 fully saturated rings. The van der Waals surface area contributed by atoms with Crippen LogP contribution in [0.15, 0.2) is 18.2 Å². The highest BCUT2D eigenvalue weighted by molar-refractivity contribution is 6.30. The smallest absolute Gasteiger partial charge is 0.141 e. The molecule has 0 saturated carbocycles. The van der Waals surface area contributed by atoms with Crippen LogP contribution in [-0.2, 0) is 4.74 Å². The number of benzene rings is 1. The van der Waals surface area contributed by atoms with Crippen molar-refractivity contribution in [2.45, 2.75) is 45.3 Å². The molecule has 1 aromatic carbocycles. The van der Waals surface area contributed by atoms with Gasteiger partial charge in [0, 0.05) is 18.0 Å². The number of nitriles is 1. The Kier molecular flexibility index (Phi) is 6.02. The number of halogens is 2. The monoisotopic (exact) mass is 338 g/mol. The Hall–Kier alpha value is -1.15. The Morgan fingerprint density at radius 1 is 1.48 bits per heavy atom. The van der Waals surface area contributed by atoms with Gasteiger partial charge in [-0.15, -0.1) is 0 Å². The zero-order valence-electron chi connectivity index (χ0n) is 14.0. The first kappa shape index (κ1) is 18.2. The van der Waals surface area contributed by atoms with Crippen molar-refractivity contribution in [1.29, 1.82) is 5.26 Å². The van der Waals surface area contributed by atoms with Crippen molar-refractivity contribution in [2.24, 2.45) is 5.92 Å². The van der Waals surface area contributed by atoms with Crippen molar-refractivity contribution in [1.82, 2.24) is 4.90 Å². The summed E-state index contributed by atoms with van der Waals surface area (Å²) in [6.07, 6.45) is 1.87. The molecule has 0 aromatic heterocycles. The minimum atomic E-state index is -0.436. The number of ether oxygens (including phenoxy) is 1. The van der Waals surface area contributed by atoms with E-state index in [-0.39, 0.29) is 29.2 Å². The van der Waals surface area contributed by atoms with Crippen molar-refractivity contribution >= 4 is 11.6 Å². The van der Waals surface area contributed by atoms with Crippen LogP contribution in [0.3, 0.4) is 0 Å². The lowest BCUT2D eigenvalue weighted by Crippen LogP contribution is -2.48. The molecule has 2 atom stereocenters. The Morgan fingerprint density at radius 2 is 2.22 bits per heavy atom. The highest BCUT2D eigenvalue weighted by Gasteiger charge is 2.33. The van der Waals surface area contributed by atoms with Crippen molar-refractivity contribution in [3.63, 3.8) is 0 Å². The summed E-state index contributed by atoms with van der Waals surface area (Å²) in [6, 6.07) is 6.73. The van der Waals surface area contributed by atoms with E-state index in [1.807, 2.05) is 6.07 Å². The molecular formula is C18H24ClFN2O. The SMILES string of the molecule is CC(C)(C)N1CCC[C@@H]([C@@H](OCC#N)c2ccc(F)c(Cl)c2)C1. The molecule has 2 rings (SSSR count). The van der Waals surface area contributed by atoms with E-state index in [4.69, 9.17) is 21.6 Å². The third kappa shape index (κ3) is 4.67. The highest BCUT2D eigenvalue weighted by atomic mass is 35.5. The highest BCUT2D eigenvalue weighted by Crippen LogP contribution is 2.36. The molecule has 5 heteroatoms. The minimum absolute atomic E-state index is 0.0195. The molecule has 0 bridgehead atoms. The number of piperidine rings is 1. The van der Waals surface area contributed by atoms with Gasteiger partial charge >= 0.3 is 0 Å². The first-order chi connectivity index (χ1) is 10.8. The Balaban J connectivity index is 2.23. The maximum Gasteiger partial charge on any atom is 0.141 e. The third-order valence-electron chi connectivity index (χ3n) is 4.43. The van der Waals surface area contributed by atoms with Crippen LogP contribution >= 0.6 is 11.6 Å². The van der Waals surface area contributed by atoms with E-state index in [9.17, 15) is 4.39 Å². The van der Waals surface area contributed by atoms with Gasteiger partial charge in [-0.3, -0.25) is 4.90 Å². The molecule has 1 aliphatic rings. The van der Waals surface area contributed by atoms with Crippen LogP contribution in [0.1, 0.15) is 45.3 Å². The van der Waals surface area contributed by atoms with E-state index in [2.05, 4.69) is 25.7 Å². The van der Waals surface area contributed by atoms with Gasteiger partial charge in [0.25, 0.3) is 0 Å². The predicted molar refractivity (Wildman–Crippen MR) is 89.8 cm³/mol. The van der Waals surface area contributed by atoms with Gasteiger partial charge in [-0.25, -0.2) is 4.39 Å². The van der Waals surface area contributed by atoms with Crippen LogP contribution in [0.25, 0.3) is 0 Å². The normalized spacial score (nSPS) is 21.0. The molecule has 0 spiro atoms. The molecule has 0 amide bonds. The van der Waals surface area contributed by atoms with E-state index in [1.54, 1.807) is 12.1 Å². The fraction of sp³-hybridized carbons (Fsp3) is 0.611. The average Bonchev–Trinajstić information content (AvgIpc) is 2.50. The summed E-state index contributed by atoms with van der Waals surface area (Å²) < 4.78 is 19.2. The topological polar surface area (TPSA) is 36.3 Å². The van der Waals surface area contributed by atoms with Gasteiger partial charge in [0.05, 0.1) is 17.2 Å². The fourth-order valence-electron chi connectivity index (χ4n) is 3.19. The summed E-state index contributed by atoms with van der Waals surface area (Å²) in [4.78, 5) is 2.44. The molecule has 0 N–H and O–H groups in total. The predicted octanol–water partition coefficient (Wildman–Crippen LogP) is 4.57. The van der Waals surface area contributed by atoms with Crippen molar-refractivity contribution in [2.75, 3.05) is 19.7 Å². The van der Waals surface area contributed by atoms with E-state index >= 15 is 0 Å². The Morgan fingerprint density at radius 3 is 2.83 bits per heavy atom. The number of nitrogens with zero attached hydrogens (tertiary/aromatic N) is 2. The summed E-state index contributed by atoms with van der Waals surface area (Å²) in [5, 5.41) is 8.96. The second-order valence-electron chi connectivity index (χ2n) is 7.08. The first-order valence-corrected chi connectivity index (χ1v) is 8.39. The molecule has 126 valence electrons. The molecule has 1 saturated heterocycles. The van der Waals surface area contributed by atoms with Crippen molar-refractivity contribution in [3.05, 3.63) is 34.6 Å². The van der Waals surface area contributed by atoms with E-state index in [0.29, 0.717) is 0 Å². The Labute approximate surface area is 143 Å². The van der Waals surface area contributed by atoms with Crippen LogP contribution in [0.5, 0.6) is 0 Å². The maximum atomic E-state index is 13.4. The van der Waals surface area contributed by atoms with Gasteiger partial charge in [0.1, 0.15) is 12.4 Å². The van der Waals surface area contributed by atoms with Gasteiger partial charge in [-0.05, 0) is 57.9 Å².